The van der Waals surface area contributed by atoms with Crippen LogP contribution in [-0.2, 0) is 11.3 Å². The first-order valence-electron chi connectivity index (χ1n) is 8.18. The van der Waals surface area contributed by atoms with E-state index in [2.05, 4.69) is 4.98 Å². The van der Waals surface area contributed by atoms with Gasteiger partial charge in [0.25, 0.3) is 0 Å². The number of benzene rings is 2. The lowest BCUT2D eigenvalue weighted by molar-refractivity contribution is 0.134. The first-order valence-corrected chi connectivity index (χ1v) is 8.18. The van der Waals surface area contributed by atoms with Gasteiger partial charge in [-0.05, 0) is 29.8 Å². The Kier molecular flexibility index (Phi) is 3.98. The summed E-state index contributed by atoms with van der Waals surface area (Å²) in [6.45, 7) is 0.938. The highest BCUT2D eigenvalue weighted by Gasteiger charge is 2.29. The Hall–Kier alpha value is -3.08. The summed E-state index contributed by atoms with van der Waals surface area (Å²) < 4.78 is 11.2. The molecule has 2 aromatic carbocycles. The van der Waals surface area contributed by atoms with Gasteiger partial charge in [0.2, 0.25) is 0 Å². The molecule has 1 aromatic heterocycles. The van der Waals surface area contributed by atoms with E-state index in [1.165, 1.54) is 0 Å². The van der Waals surface area contributed by atoms with Gasteiger partial charge in [-0.3, -0.25) is 0 Å². The first kappa shape index (κ1) is 15.4. The minimum absolute atomic E-state index is 0.250. The summed E-state index contributed by atoms with van der Waals surface area (Å²) in [6, 6.07) is 19.7. The lowest BCUT2D eigenvalue weighted by atomic mass is 10.1. The van der Waals surface area contributed by atoms with Gasteiger partial charge in [0, 0.05) is 12.4 Å². The third-order valence-corrected chi connectivity index (χ3v) is 4.27. The zero-order valence-electron chi connectivity index (χ0n) is 13.9. The highest BCUT2D eigenvalue weighted by atomic mass is 16.6. The Morgan fingerprint density at radius 1 is 1.16 bits per heavy atom. The van der Waals surface area contributed by atoms with E-state index < -0.39 is 0 Å². The Labute approximate surface area is 145 Å². The number of cyclic esters (lactones) is 1. The van der Waals surface area contributed by atoms with Crippen LogP contribution in [0.3, 0.4) is 0 Å². The molecule has 1 atom stereocenters. The summed E-state index contributed by atoms with van der Waals surface area (Å²) in [5, 5.41) is 1.11. The molecule has 0 spiro atoms. The predicted octanol–water partition coefficient (Wildman–Crippen LogP) is 3.94. The van der Waals surface area contributed by atoms with Crippen molar-refractivity contribution in [1.29, 1.82) is 0 Å². The van der Waals surface area contributed by atoms with Gasteiger partial charge in [0.1, 0.15) is 18.5 Å². The monoisotopic (exact) mass is 334 g/mol. The molecule has 1 amide bonds. The van der Waals surface area contributed by atoms with Crippen LogP contribution < -0.4 is 4.74 Å². The third kappa shape index (κ3) is 3.26. The maximum Gasteiger partial charge on any atom is 0.410 e. The Balaban J connectivity index is 1.47. The molecule has 3 aromatic rings. The second-order valence-electron chi connectivity index (χ2n) is 6.11. The smallest absolute Gasteiger partial charge is 0.410 e. The maximum absolute atomic E-state index is 11.5. The van der Waals surface area contributed by atoms with Crippen molar-refractivity contribution < 1.29 is 14.3 Å². The number of aromatic nitrogens is 1. The van der Waals surface area contributed by atoms with Crippen LogP contribution in [0, 0.1) is 0 Å². The number of ether oxygens (including phenoxy) is 2. The van der Waals surface area contributed by atoms with E-state index in [4.69, 9.17) is 9.47 Å². The zero-order valence-corrected chi connectivity index (χ0v) is 13.9. The van der Waals surface area contributed by atoms with Crippen molar-refractivity contribution in [3.8, 4) is 5.75 Å². The largest absolute Gasteiger partial charge is 0.487 e. The second-order valence-corrected chi connectivity index (χ2v) is 6.11. The van der Waals surface area contributed by atoms with E-state index >= 15 is 0 Å². The van der Waals surface area contributed by atoms with Crippen molar-refractivity contribution in [2.75, 3.05) is 13.6 Å². The van der Waals surface area contributed by atoms with Gasteiger partial charge in [-0.2, -0.15) is 0 Å². The van der Waals surface area contributed by atoms with E-state index in [1.807, 2.05) is 60.7 Å². The summed E-state index contributed by atoms with van der Waals surface area (Å²) in [7, 11) is 1.73. The van der Waals surface area contributed by atoms with Crippen LogP contribution in [0.15, 0.2) is 60.7 Å². The molecule has 1 saturated heterocycles. The normalized spacial score (nSPS) is 16.9. The molecule has 1 aliphatic rings. The number of nitrogens with zero attached hydrogens (tertiary/aromatic N) is 2. The summed E-state index contributed by atoms with van der Waals surface area (Å²) in [6.07, 6.45) is -0.545. The molecule has 25 heavy (non-hydrogen) atoms. The topological polar surface area (TPSA) is 51.7 Å². The molecule has 0 N–H and O–H groups in total. The van der Waals surface area contributed by atoms with Crippen LogP contribution in [0.1, 0.15) is 17.4 Å². The van der Waals surface area contributed by atoms with Gasteiger partial charge in [-0.1, -0.05) is 36.4 Å². The highest BCUT2D eigenvalue weighted by Crippen LogP contribution is 2.27. The van der Waals surface area contributed by atoms with Crippen molar-refractivity contribution in [3.05, 3.63) is 71.9 Å². The molecule has 0 aliphatic carbocycles. The van der Waals surface area contributed by atoms with Crippen LogP contribution >= 0.6 is 0 Å². The Morgan fingerprint density at radius 3 is 2.88 bits per heavy atom. The fourth-order valence-electron chi connectivity index (χ4n) is 2.90. The number of pyridine rings is 1. The summed E-state index contributed by atoms with van der Waals surface area (Å²) >= 11 is 0. The zero-order chi connectivity index (χ0) is 17.2. The van der Waals surface area contributed by atoms with Crippen molar-refractivity contribution in [2.24, 2.45) is 0 Å². The van der Waals surface area contributed by atoms with E-state index in [0.717, 1.165) is 27.9 Å². The van der Waals surface area contributed by atoms with Gasteiger partial charge in [-0.15, -0.1) is 0 Å². The predicted molar refractivity (Wildman–Crippen MR) is 94.4 cm³/mol. The lowest BCUT2D eigenvalue weighted by Crippen LogP contribution is -2.17. The van der Waals surface area contributed by atoms with Gasteiger partial charge in [0.15, 0.2) is 0 Å². The van der Waals surface area contributed by atoms with Crippen LogP contribution in [-0.4, -0.2) is 29.6 Å². The van der Waals surface area contributed by atoms with Crippen molar-refractivity contribution in [2.45, 2.75) is 12.7 Å². The number of amides is 1. The minimum Gasteiger partial charge on any atom is -0.487 e. The van der Waals surface area contributed by atoms with Gasteiger partial charge >= 0.3 is 6.09 Å². The molecular weight excluding hydrogens is 316 g/mol. The molecule has 0 bridgehead atoms. The fraction of sp³-hybridized carbons (Fsp3) is 0.200. The fourth-order valence-corrected chi connectivity index (χ4v) is 2.90. The SMILES string of the molecule is CN1C[C@@H](c2cccc(OCc3ccc4ccccc4n3)c2)OC1=O. The number of likely N-dealkylation sites (N-methyl/N-ethyl adjacent to an activating group) is 1. The van der Waals surface area contributed by atoms with Crippen molar-refractivity contribution >= 4 is 17.0 Å². The Morgan fingerprint density at radius 2 is 2.04 bits per heavy atom. The van der Waals surface area contributed by atoms with E-state index in [0.29, 0.717) is 13.2 Å². The summed E-state index contributed by atoms with van der Waals surface area (Å²) in [4.78, 5) is 17.7. The molecule has 1 aliphatic heterocycles. The number of hydrogen-bond donors (Lipinski definition) is 0. The number of carbonyl (C=O) groups is 1. The lowest BCUT2D eigenvalue weighted by Gasteiger charge is -2.11. The molecule has 5 heteroatoms. The molecule has 0 unspecified atom stereocenters. The number of carbonyl (C=O) groups excluding carboxylic acids is 1. The summed E-state index contributed by atoms with van der Waals surface area (Å²) in [5.41, 5.74) is 2.76. The number of para-hydroxylation sites is 1. The number of fused-ring (bicyclic) bond motifs is 1. The molecule has 5 nitrogen and oxygen atoms in total. The van der Waals surface area contributed by atoms with Crippen molar-refractivity contribution in [3.63, 3.8) is 0 Å². The molecule has 1 fully saturated rings. The first-order chi connectivity index (χ1) is 12.2. The second kappa shape index (κ2) is 6.43. The van der Waals surface area contributed by atoms with E-state index in [-0.39, 0.29) is 12.2 Å². The molecule has 0 saturated carbocycles. The molecule has 4 rings (SSSR count). The van der Waals surface area contributed by atoms with Crippen LogP contribution in [0.2, 0.25) is 0 Å². The van der Waals surface area contributed by atoms with Crippen LogP contribution in [0.25, 0.3) is 10.9 Å². The Bertz CT molecular complexity index is 925. The van der Waals surface area contributed by atoms with Gasteiger partial charge < -0.3 is 14.4 Å². The average molecular weight is 334 g/mol. The van der Waals surface area contributed by atoms with Crippen LogP contribution in [0.4, 0.5) is 4.79 Å². The average Bonchev–Trinajstić information content (AvgIpc) is 2.99. The van der Waals surface area contributed by atoms with Crippen molar-refractivity contribution in [1.82, 2.24) is 9.88 Å². The molecule has 2 heterocycles. The molecule has 0 radical (unpaired) electrons. The maximum atomic E-state index is 11.5. The number of hydrogen-bond acceptors (Lipinski definition) is 4. The third-order valence-electron chi connectivity index (χ3n) is 4.27. The van der Waals surface area contributed by atoms with E-state index in [1.54, 1.807) is 11.9 Å². The highest BCUT2D eigenvalue weighted by molar-refractivity contribution is 5.78. The standard InChI is InChI=1S/C20H18N2O3/c1-22-12-19(25-20(22)23)15-6-4-7-17(11-15)24-13-16-10-9-14-5-2-3-8-18(14)21-16/h2-11,19H,12-13H2,1H3/t19-/m0/s1. The van der Waals surface area contributed by atoms with Gasteiger partial charge in [-0.25, -0.2) is 9.78 Å². The number of rotatable bonds is 4. The minimum atomic E-state index is -0.295. The van der Waals surface area contributed by atoms with Crippen LogP contribution in [0.5, 0.6) is 5.75 Å². The molecule has 126 valence electrons. The quantitative estimate of drug-likeness (QED) is 0.725. The van der Waals surface area contributed by atoms with Gasteiger partial charge in [0.05, 0.1) is 17.8 Å². The summed E-state index contributed by atoms with van der Waals surface area (Å²) in [5.74, 6) is 0.734. The molecular formula is C20H18N2O3. The van der Waals surface area contributed by atoms with E-state index in [9.17, 15) is 4.79 Å².